The van der Waals surface area contributed by atoms with Crippen LogP contribution in [-0.2, 0) is 9.84 Å². The molecular formula is C12H16BrNO4S. The van der Waals surface area contributed by atoms with E-state index in [9.17, 15) is 8.42 Å². The summed E-state index contributed by atoms with van der Waals surface area (Å²) in [6, 6.07) is 2.88. The molecule has 2 rings (SSSR count). The third-order valence-electron chi connectivity index (χ3n) is 3.20. The lowest BCUT2D eigenvalue weighted by atomic mass is 10.0. The van der Waals surface area contributed by atoms with Crippen LogP contribution in [0.5, 0.6) is 11.5 Å². The van der Waals surface area contributed by atoms with Gasteiger partial charge in [0.15, 0.2) is 21.3 Å². The molecule has 2 atom stereocenters. The molecule has 19 heavy (non-hydrogen) atoms. The number of rotatable bonds is 3. The Bertz CT molecular complexity index is 588. The summed E-state index contributed by atoms with van der Waals surface area (Å²) in [5.74, 6) is 1.24. The van der Waals surface area contributed by atoms with E-state index < -0.39 is 21.1 Å². The van der Waals surface area contributed by atoms with Crippen molar-refractivity contribution in [3.05, 3.63) is 22.2 Å². The smallest absolute Gasteiger partial charge is 0.162 e. The summed E-state index contributed by atoms with van der Waals surface area (Å²) >= 11 is 3.40. The molecule has 1 aliphatic heterocycles. The van der Waals surface area contributed by atoms with Crippen LogP contribution in [0, 0.1) is 0 Å². The van der Waals surface area contributed by atoms with Crippen LogP contribution < -0.4 is 15.2 Å². The topological polar surface area (TPSA) is 78.6 Å². The van der Waals surface area contributed by atoms with Crippen molar-refractivity contribution in [2.45, 2.75) is 18.2 Å². The molecule has 1 aromatic carbocycles. The Morgan fingerprint density at radius 2 is 1.79 bits per heavy atom. The number of benzene rings is 1. The first kappa shape index (κ1) is 14.6. The fourth-order valence-electron chi connectivity index (χ4n) is 1.85. The van der Waals surface area contributed by atoms with Gasteiger partial charge in [-0.1, -0.05) is 15.9 Å². The second-order valence-corrected chi connectivity index (χ2v) is 7.83. The Hall–Kier alpha value is -0.790. The van der Waals surface area contributed by atoms with Crippen molar-refractivity contribution in [1.82, 2.24) is 0 Å². The minimum absolute atomic E-state index is 0.477. The van der Waals surface area contributed by atoms with Gasteiger partial charge in [-0.2, -0.15) is 0 Å². The number of ether oxygens (including phenoxy) is 2. The van der Waals surface area contributed by atoms with Gasteiger partial charge in [0, 0.05) is 16.8 Å². The molecule has 106 valence electrons. The van der Waals surface area contributed by atoms with Crippen molar-refractivity contribution in [2.75, 3.05) is 19.5 Å². The van der Waals surface area contributed by atoms with E-state index in [0.29, 0.717) is 30.3 Å². The molecule has 2 unspecified atom stereocenters. The monoisotopic (exact) mass is 349 g/mol. The van der Waals surface area contributed by atoms with Crippen molar-refractivity contribution >= 4 is 25.8 Å². The summed E-state index contributed by atoms with van der Waals surface area (Å²) in [6.07, 6.45) is 1.18. The maximum absolute atomic E-state index is 11.6. The number of fused-ring (bicyclic) bond motifs is 1. The lowest BCUT2D eigenvalue weighted by Gasteiger charge is -2.24. The van der Waals surface area contributed by atoms with E-state index in [1.165, 1.54) is 6.26 Å². The van der Waals surface area contributed by atoms with Crippen molar-refractivity contribution in [3.63, 3.8) is 0 Å². The van der Waals surface area contributed by atoms with Gasteiger partial charge in [-0.15, -0.1) is 0 Å². The van der Waals surface area contributed by atoms with E-state index >= 15 is 0 Å². The Balaban J connectivity index is 2.40. The van der Waals surface area contributed by atoms with Crippen LogP contribution in [0.3, 0.4) is 0 Å². The standard InChI is InChI=1S/C12H16BrNO4S/c1-7(19(2,15)16)12(14)8-5-10-11(6-9(8)13)18-4-3-17-10/h5-7,12H,3-4,14H2,1-2H3. The first-order valence-electron chi connectivity index (χ1n) is 5.84. The van der Waals surface area contributed by atoms with Crippen LogP contribution in [0.25, 0.3) is 0 Å². The molecule has 0 aromatic heterocycles. The molecule has 1 heterocycles. The second kappa shape index (κ2) is 5.30. The molecule has 0 fully saturated rings. The highest BCUT2D eigenvalue weighted by atomic mass is 79.9. The molecule has 1 aromatic rings. The Labute approximate surface area is 121 Å². The van der Waals surface area contributed by atoms with Gasteiger partial charge in [-0.25, -0.2) is 8.42 Å². The maximum atomic E-state index is 11.6. The molecule has 0 amide bonds. The quantitative estimate of drug-likeness (QED) is 0.897. The number of hydrogen-bond acceptors (Lipinski definition) is 5. The van der Waals surface area contributed by atoms with Gasteiger partial charge in [-0.05, 0) is 24.6 Å². The van der Waals surface area contributed by atoms with Gasteiger partial charge in [0.05, 0.1) is 5.25 Å². The SMILES string of the molecule is CC(C(N)c1cc2c(cc1Br)OCCO2)S(C)(=O)=O. The third kappa shape index (κ3) is 3.04. The van der Waals surface area contributed by atoms with Crippen molar-refractivity contribution in [1.29, 1.82) is 0 Å². The van der Waals surface area contributed by atoms with Crippen molar-refractivity contribution in [2.24, 2.45) is 5.73 Å². The van der Waals surface area contributed by atoms with Crippen LogP contribution in [0.4, 0.5) is 0 Å². The van der Waals surface area contributed by atoms with Gasteiger partial charge in [0.2, 0.25) is 0 Å². The summed E-state index contributed by atoms with van der Waals surface area (Å²) in [7, 11) is -3.21. The lowest BCUT2D eigenvalue weighted by Crippen LogP contribution is -2.31. The molecule has 1 aliphatic rings. The van der Waals surface area contributed by atoms with Gasteiger partial charge >= 0.3 is 0 Å². The highest BCUT2D eigenvalue weighted by molar-refractivity contribution is 9.10. The molecule has 0 bridgehead atoms. The summed E-state index contributed by atoms with van der Waals surface area (Å²) in [6.45, 7) is 2.58. The van der Waals surface area contributed by atoms with Gasteiger partial charge in [-0.3, -0.25) is 0 Å². The Morgan fingerprint density at radius 1 is 1.26 bits per heavy atom. The maximum Gasteiger partial charge on any atom is 0.162 e. The van der Waals surface area contributed by atoms with E-state index in [1.807, 2.05) is 0 Å². The Kier molecular flexibility index (Phi) is 4.08. The number of nitrogens with two attached hydrogens (primary N) is 1. The summed E-state index contributed by atoms with van der Waals surface area (Å²) in [5, 5.41) is -0.675. The summed E-state index contributed by atoms with van der Waals surface area (Å²) < 4.78 is 34.8. The molecule has 2 N–H and O–H groups in total. The van der Waals surface area contributed by atoms with Gasteiger partial charge in [0.25, 0.3) is 0 Å². The third-order valence-corrected chi connectivity index (χ3v) is 5.53. The molecule has 0 saturated heterocycles. The predicted molar refractivity (Wildman–Crippen MR) is 76.4 cm³/mol. The average molecular weight is 350 g/mol. The summed E-state index contributed by atoms with van der Waals surface area (Å²) in [5.41, 5.74) is 6.75. The minimum atomic E-state index is -3.21. The number of sulfone groups is 1. The second-order valence-electron chi connectivity index (χ2n) is 4.58. The lowest BCUT2D eigenvalue weighted by molar-refractivity contribution is 0.171. The average Bonchev–Trinajstić information content (AvgIpc) is 2.35. The largest absolute Gasteiger partial charge is 0.486 e. The van der Waals surface area contributed by atoms with Crippen molar-refractivity contribution in [3.8, 4) is 11.5 Å². The van der Waals surface area contributed by atoms with Crippen LogP contribution >= 0.6 is 15.9 Å². The molecule has 7 heteroatoms. The normalized spacial score (nSPS) is 17.9. The van der Waals surface area contributed by atoms with Crippen LogP contribution in [0.2, 0.25) is 0 Å². The highest BCUT2D eigenvalue weighted by Gasteiger charge is 2.27. The fraction of sp³-hybridized carbons (Fsp3) is 0.500. The number of halogens is 1. The van der Waals surface area contributed by atoms with E-state index in [4.69, 9.17) is 15.2 Å². The molecule has 0 radical (unpaired) electrons. The molecular weight excluding hydrogens is 334 g/mol. The summed E-state index contributed by atoms with van der Waals surface area (Å²) in [4.78, 5) is 0. The first-order chi connectivity index (χ1) is 8.80. The zero-order valence-corrected chi connectivity index (χ0v) is 13.1. The number of hydrogen-bond donors (Lipinski definition) is 1. The molecule has 5 nitrogen and oxygen atoms in total. The molecule has 0 saturated carbocycles. The van der Waals surface area contributed by atoms with Crippen molar-refractivity contribution < 1.29 is 17.9 Å². The fourth-order valence-corrected chi connectivity index (χ4v) is 3.12. The zero-order valence-electron chi connectivity index (χ0n) is 10.7. The predicted octanol–water partition coefficient (Wildman–Crippen LogP) is 1.65. The Morgan fingerprint density at radius 3 is 2.32 bits per heavy atom. The van der Waals surface area contributed by atoms with Gasteiger partial charge < -0.3 is 15.2 Å². The minimum Gasteiger partial charge on any atom is -0.486 e. The molecule has 0 spiro atoms. The first-order valence-corrected chi connectivity index (χ1v) is 8.59. The molecule has 0 aliphatic carbocycles. The van der Waals surface area contributed by atoms with E-state index in [1.54, 1.807) is 19.1 Å². The van der Waals surface area contributed by atoms with Crippen LogP contribution in [0.15, 0.2) is 16.6 Å². The van der Waals surface area contributed by atoms with Crippen LogP contribution in [-0.4, -0.2) is 33.1 Å². The zero-order chi connectivity index (χ0) is 14.2. The van der Waals surface area contributed by atoms with E-state index in [0.717, 1.165) is 4.47 Å². The van der Waals surface area contributed by atoms with E-state index in [2.05, 4.69) is 15.9 Å². The van der Waals surface area contributed by atoms with Crippen LogP contribution in [0.1, 0.15) is 18.5 Å². The highest BCUT2D eigenvalue weighted by Crippen LogP contribution is 2.38. The van der Waals surface area contributed by atoms with E-state index in [-0.39, 0.29) is 0 Å². The van der Waals surface area contributed by atoms with Gasteiger partial charge in [0.1, 0.15) is 13.2 Å².